The minimum absolute atomic E-state index is 0.145. The Bertz CT molecular complexity index is 247. The molecule has 0 aromatic heterocycles. The van der Waals surface area contributed by atoms with Crippen LogP contribution in [0.2, 0.25) is 0 Å². The van der Waals surface area contributed by atoms with Gasteiger partial charge >= 0.3 is 5.97 Å². The van der Waals surface area contributed by atoms with Crippen LogP contribution in [-0.4, -0.2) is 65.9 Å². The summed E-state index contributed by atoms with van der Waals surface area (Å²) in [6.07, 6.45) is 2.11. The van der Waals surface area contributed by atoms with Crippen LogP contribution in [0.25, 0.3) is 0 Å². The van der Waals surface area contributed by atoms with Gasteiger partial charge in [-0.25, -0.2) is 0 Å². The van der Waals surface area contributed by atoms with Crippen LogP contribution < -0.4 is 0 Å². The number of esters is 1. The molecule has 0 saturated carbocycles. The van der Waals surface area contributed by atoms with E-state index in [4.69, 9.17) is 23.7 Å². The van der Waals surface area contributed by atoms with Crippen molar-refractivity contribution in [3.63, 3.8) is 0 Å². The molecule has 22 heavy (non-hydrogen) atoms. The van der Waals surface area contributed by atoms with E-state index < -0.39 is 0 Å². The second-order valence-corrected chi connectivity index (χ2v) is 5.13. The van der Waals surface area contributed by atoms with E-state index in [-0.39, 0.29) is 5.97 Å². The first-order valence-electron chi connectivity index (χ1n) is 8.08. The molecule has 6 heteroatoms. The van der Waals surface area contributed by atoms with Gasteiger partial charge in [-0.3, -0.25) is 4.79 Å². The summed E-state index contributed by atoms with van der Waals surface area (Å²) >= 11 is 0. The molecule has 1 unspecified atom stereocenters. The van der Waals surface area contributed by atoms with Crippen molar-refractivity contribution in [3.05, 3.63) is 0 Å². The van der Waals surface area contributed by atoms with E-state index in [9.17, 15) is 4.79 Å². The summed E-state index contributed by atoms with van der Waals surface area (Å²) in [5.74, 6) is 0.282. The molecule has 0 fully saturated rings. The lowest BCUT2D eigenvalue weighted by molar-refractivity contribution is -0.145. The fraction of sp³-hybridized carbons (Fsp3) is 0.938. The second kappa shape index (κ2) is 16.7. The summed E-state index contributed by atoms with van der Waals surface area (Å²) in [5.41, 5.74) is 0. The number of hydrogen-bond donors (Lipinski definition) is 0. The van der Waals surface area contributed by atoms with Crippen LogP contribution in [0.15, 0.2) is 0 Å². The predicted octanol–water partition coefficient (Wildman–Crippen LogP) is 2.05. The van der Waals surface area contributed by atoms with Crippen LogP contribution in [0, 0.1) is 5.92 Å². The molecule has 0 radical (unpaired) electrons. The molecule has 0 spiro atoms. The summed E-state index contributed by atoms with van der Waals surface area (Å²) in [7, 11) is 1.64. The van der Waals surface area contributed by atoms with Crippen molar-refractivity contribution in [1.29, 1.82) is 0 Å². The van der Waals surface area contributed by atoms with Gasteiger partial charge in [0.15, 0.2) is 0 Å². The lowest BCUT2D eigenvalue weighted by Crippen LogP contribution is -2.13. The molecule has 0 heterocycles. The second-order valence-electron chi connectivity index (χ2n) is 5.13. The Morgan fingerprint density at radius 2 is 1.45 bits per heavy atom. The summed E-state index contributed by atoms with van der Waals surface area (Å²) in [4.78, 5) is 11.4. The van der Waals surface area contributed by atoms with Crippen LogP contribution in [0.1, 0.15) is 33.1 Å². The third-order valence-electron chi connectivity index (χ3n) is 3.07. The molecule has 0 aliphatic carbocycles. The van der Waals surface area contributed by atoms with E-state index in [2.05, 4.69) is 13.8 Å². The summed E-state index contributed by atoms with van der Waals surface area (Å²) < 4.78 is 26.0. The fourth-order valence-corrected chi connectivity index (χ4v) is 1.43. The molecule has 0 aromatic carbocycles. The van der Waals surface area contributed by atoms with Crippen LogP contribution >= 0.6 is 0 Å². The van der Waals surface area contributed by atoms with E-state index in [0.29, 0.717) is 71.6 Å². The maximum absolute atomic E-state index is 11.4. The van der Waals surface area contributed by atoms with E-state index in [0.717, 1.165) is 6.42 Å². The number of methoxy groups -OCH3 is 1. The Kier molecular flexibility index (Phi) is 16.2. The topological polar surface area (TPSA) is 63.2 Å². The van der Waals surface area contributed by atoms with Crippen molar-refractivity contribution in [2.75, 3.05) is 60.0 Å². The Hall–Kier alpha value is -0.690. The number of ether oxygens (including phenoxy) is 5. The Morgan fingerprint density at radius 3 is 2.00 bits per heavy atom. The zero-order valence-corrected chi connectivity index (χ0v) is 14.3. The van der Waals surface area contributed by atoms with E-state index >= 15 is 0 Å². The molecule has 0 bridgehead atoms. The average Bonchev–Trinajstić information content (AvgIpc) is 2.53. The third-order valence-corrected chi connectivity index (χ3v) is 3.07. The highest BCUT2D eigenvalue weighted by atomic mass is 16.6. The smallest absolute Gasteiger partial charge is 0.305 e. The van der Waals surface area contributed by atoms with Gasteiger partial charge in [-0.05, 0) is 12.3 Å². The van der Waals surface area contributed by atoms with Crippen LogP contribution in [0.4, 0.5) is 0 Å². The van der Waals surface area contributed by atoms with Crippen molar-refractivity contribution in [1.82, 2.24) is 0 Å². The fourth-order valence-electron chi connectivity index (χ4n) is 1.43. The molecule has 6 nitrogen and oxygen atoms in total. The minimum atomic E-state index is -0.145. The highest BCUT2D eigenvalue weighted by molar-refractivity contribution is 5.69. The zero-order chi connectivity index (χ0) is 16.5. The lowest BCUT2D eigenvalue weighted by Gasteiger charge is -2.09. The largest absolute Gasteiger partial charge is 0.465 e. The molecule has 0 aliphatic rings. The van der Waals surface area contributed by atoms with Crippen molar-refractivity contribution in [2.45, 2.75) is 33.1 Å². The Morgan fingerprint density at radius 1 is 0.909 bits per heavy atom. The summed E-state index contributed by atoms with van der Waals surface area (Å²) in [6.45, 7) is 8.57. The highest BCUT2D eigenvalue weighted by Gasteiger charge is 2.05. The number of carbonyl (C=O) groups is 1. The molecule has 0 aliphatic heterocycles. The van der Waals surface area contributed by atoms with Gasteiger partial charge in [0.2, 0.25) is 0 Å². The number of hydrogen-bond acceptors (Lipinski definition) is 6. The summed E-state index contributed by atoms with van der Waals surface area (Å²) in [5, 5.41) is 0. The van der Waals surface area contributed by atoms with Crippen LogP contribution in [-0.2, 0) is 28.5 Å². The molecule has 0 N–H and O–H groups in total. The molecule has 132 valence electrons. The van der Waals surface area contributed by atoms with E-state index in [1.54, 1.807) is 7.11 Å². The Labute approximate surface area is 134 Å². The summed E-state index contributed by atoms with van der Waals surface area (Å²) in [6, 6.07) is 0. The quantitative estimate of drug-likeness (QED) is 0.320. The van der Waals surface area contributed by atoms with Gasteiger partial charge in [0, 0.05) is 20.1 Å². The number of rotatable bonds is 16. The van der Waals surface area contributed by atoms with Crippen molar-refractivity contribution < 1.29 is 28.5 Å². The van der Waals surface area contributed by atoms with Crippen molar-refractivity contribution in [2.24, 2.45) is 5.92 Å². The predicted molar refractivity (Wildman–Crippen MR) is 84.0 cm³/mol. The SMILES string of the molecule is CCC(C)COC(=O)CCCOCCOCCOCCOC. The maximum Gasteiger partial charge on any atom is 0.305 e. The molecule has 0 amide bonds. The molecule has 0 saturated heterocycles. The lowest BCUT2D eigenvalue weighted by atomic mass is 10.1. The van der Waals surface area contributed by atoms with Gasteiger partial charge < -0.3 is 23.7 Å². The molecular formula is C16H32O6. The van der Waals surface area contributed by atoms with Crippen LogP contribution in [0.5, 0.6) is 0 Å². The van der Waals surface area contributed by atoms with Gasteiger partial charge in [-0.1, -0.05) is 20.3 Å². The Balaban J connectivity index is 3.15. The first-order chi connectivity index (χ1) is 10.7. The highest BCUT2D eigenvalue weighted by Crippen LogP contribution is 2.02. The molecule has 0 aromatic rings. The maximum atomic E-state index is 11.4. The first-order valence-corrected chi connectivity index (χ1v) is 8.08. The van der Waals surface area contributed by atoms with Gasteiger partial charge in [0.25, 0.3) is 0 Å². The van der Waals surface area contributed by atoms with Crippen molar-refractivity contribution >= 4 is 5.97 Å². The minimum Gasteiger partial charge on any atom is -0.465 e. The van der Waals surface area contributed by atoms with Gasteiger partial charge in [0.05, 0.1) is 46.2 Å². The normalized spacial score (nSPS) is 12.3. The first kappa shape index (κ1) is 21.3. The standard InChI is InChI=1S/C16H32O6/c1-4-15(2)14-22-16(17)6-5-7-19-10-11-21-13-12-20-9-8-18-3/h15H,4-14H2,1-3H3. The molecule has 0 rings (SSSR count). The van der Waals surface area contributed by atoms with Crippen LogP contribution in [0.3, 0.4) is 0 Å². The zero-order valence-electron chi connectivity index (χ0n) is 14.3. The van der Waals surface area contributed by atoms with Gasteiger partial charge in [-0.15, -0.1) is 0 Å². The number of carbonyl (C=O) groups excluding carboxylic acids is 1. The third kappa shape index (κ3) is 15.7. The average molecular weight is 320 g/mol. The van der Waals surface area contributed by atoms with Gasteiger partial charge in [-0.2, -0.15) is 0 Å². The molecular weight excluding hydrogens is 288 g/mol. The van der Waals surface area contributed by atoms with E-state index in [1.807, 2.05) is 0 Å². The monoisotopic (exact) mass is 320 g/mol. The molecule has 1 atom stereocenters. The van der Waals surface area contributed by atoms with E-state index in [1.165, 1.54) is 0 Å². The van der Waals surface area contributed by atoms with Gasteiger partial charge in [0.1, 0.15) is 0 Å². The van der Waals surface area contributed by atoms with Crippen molar-refractivity contribution in [3.8, 4) is 0 Å².